The van der Waals surface area contributed by atoms with E-state index in [1.165, 1.54) is 12.1 Å². The number of rotatable bonds is 5. The van der Waals surface area contributed by atoms with Crippen molar-refractivity contribution in [2.45, 2.75) is 32.2 Å². The van der Waals surface area contributed by atoms with Crippen molar-refractivity contribution in [3.63, 3.8) is 0 Å². The van der Waals surface area contributed by atoms with Crippen molar-refractivity contribution in [1.82, 2.24) is 24.6 Å². The molecule has 1 atom stereocenters. The van der Waals surface area contributed by atoms with E-state index in [1.54, 1.807) is 12.3 Å². The van der Waals surface area contributed by atoms with Crippen LogP contribution in [0.15, 0.2) is 61.1 Å². The van der Waals surface area contributed by atoms with Gasteiger partial charge in [0.15, 0.2) is 0 Å². The second-order valence-electron chi connectivity index (χ2n) is 8.54. The van der Waals surface area contributed by atoms with Crippen LogP contribution in [0, 0.1) is 11.7 Å². The van der Waals surface area contributed by atoms with Crippen molar-refractivity contribution in [2.75, 3.05) is 13.1 Å². The Morgan fingerprint density at radius 2 is 2.09 bits per heavy atom. The zero-order valence-electron chi connectivity index (χ0n) is 17.9. The molecule has 4 aromatic rings. The average molecular weight is 432 g/mol. The number of benzene rings is 1. The van der Waals surface area contributed by atoms with Gasteiger partial charge in [-0.3, -0.25) is 9.89 Å². The van der Waals surface area contributed by atoms with Crippen LogP contribution in [0.5, 0.6) is 0 Å². The number of H-pyrrole nitrogens is 1. The number of likely N-dealkylation sites (tertiary alicyclic amines) is 1. The molecule has 6 nitrogen and oxygen atoms in total. The van der Waals surface area contributed by atoms with E-state index in [0.29, 0.717) is 5.92 Å². The lowest BCUT2D eigenvalue weighted by atomic mass is 10.0. The average Bonchev–Trinajstić information content (AvgIpc) is 3.40. The van der Waals surface area contributed by atoms with Gasteiger partial charge in [0.2, 0.25) is 5.91 Å². The summed E-state index contributed by atoms with van der Waals surface area (Å²) >= 11 is 0. The molecule has 1 aliphatic heterocycles. The Kier molecular flexibility index (Phi) is 5.71. The first-order valence-electron chi connectivity index (χ1n) is 11.1. The highest BCUT2D eigenvalue weighted by atomic mass is 19.1. The molecule has 1 aliphatic rings. The number of pyridine rings is 1. The molecule has 1 aromatic carbocycles. The van der Waals surface area contributed by atoms with Gasteiger partial charge in [-0.05, 0) is 61.1 Å². The van der Waals surface area contributed by atoms with E-state index < -0.39 is 0 Å². The molecular weight excluding hydrogens is 405 g/mol. The normalized spacial score (nSPS) is 16.9. The molecule has 1 N–H and O–H groups in total. The number of hydrogen-bond acceptors (Lipinski definition) is 3. The number of nitrogens with zero attached hydrogens (tertiary/aromatic N) is 4. The zero-order chi connectivity index (χ0) is 21.9. The van der Waals surface area contributed by atoms with Gasteiger partial charge in [0, 0.05) is 37.6 Å². The molecule has 0 aliphatic carbocycles. The predicted molar refractivity (Wildman–Crippen MR) is 121 cm³/mol. The molecule has 3 aromatic heterocycles. The van der Waals surface area contributed by atoms with Gasteiger partial charge < -0.3 is 9.47 Å². The highest BCUT2D eigenvalue weighted by Crippen LogP contribution is 2.25. The topological polar surface area (TPSA) is 66.8 Å². The van der Waals surface area contributed by atoms with Crippen LogP contribution in [0.4, 0.5) is 4.39 Å². The van der Waals surface area contributed by atoms with Crippen molar-refractivity contribution in [1.29, 1.82) is 0 Å². The minimum atomic E-state index is -0.295. The fourth-order valence-electron chi connectivity index (χ4n) is 4.59. The minimum Gasteiger partial charge on any atom is -0.346 e. The van der Waals surface area contributed by atoms with Crippen molar-refractivity contribution >= 4 is 16.9 Å². The zero-order valence-corrected chi connectivity index (χ0v) is 17.9. The van der Waals surface area contributed by atoms with Crippen molar-refractivity contribution in [2.24, 2.45) is 5.92 Å². The first kappa shape index (κ1) is 20.4. The Hall–Kier alpha value is -3.48. The quantitative estimate of drug-likeness (QED) is 0.508. The van der Waals surface area contributed by atoms with E-state index in [-0.39, 0.29) is 18.1 Å². The maximum atomic E-state index is 13.4. The summed E-state index contributed by atoms with van der Waals surface area (Å²) in [5.41, 5.74) is 4.72. The summed E-state index contributed by atoms with van der Waals surface area (Å²) in [5.74, 6) is 0.293. The molecule has 7 heteroatoms. The summed E-state index contributed by atoms with van der Waals surface area (Å²) in [6.07, 6.45) is 9.03. The van der Waals surface area contributed by atoms with E-state index >= 15 is 0 Å². The SMILES string of the molecule is O=C(Cc1cccc(F)c1)N1CCCC(Cn2ccc3nc(-c4cn[nH]c4)ccc32)CC1. The largest absolute Gasteiger partial charge is 0.346 e. The molecule has 0 bridgehead atoms. The molecule has 0 radical (unpaired) electrons. The summed E-state index contributed by atoms with van der Waals surface area (Å²) in [6, 6.07) is 12.5. The Morgan fingerprint density at radius 1 is 1.16 bits per heavy atom. The number of aromatic amines is 1. The molecule has 1 saturated heterocycles. The fraction of sp³-hybridized carbons (Fsp3) is 0.320. The number of fused-ring (bicyclic) bond motifs is 1. The van der Waals surface area contributed by atoms with Crippen LogP contribution in [0.25, 0.3) is 22.3 Å². The number of amides is 1. The van der Waals surface area contributed by atoms with Gasteiger partial charge in [0.25, 0.3) is 0 Å². The van der Waals surface area contributed by atoms with Crippen LogP contribution < -0.4 is 0 Å². The number of halogens is 1. The maximum Gasteiger partial charge on any atom is 0.226 e. The van der Waals surface area contributed by atoms with Crippen molar-refractivity contribution in [3.8, 4) is 11.3 Å². The van der Waals surface area contributed by atoms with Crippen LogP contribution >= 0.6 is 0 Å². The lowest BCUT2D eigenvalue weighted by Crippen LogP contribution is -2.33. The van der Waals surface area contributed by atoms with Gasteiger partial charge in [-0.2, -0.15) is 5.10 Å². The Morgan fingerprint density at radius 3 is 2.94 bits per heavy atom. The smallest absolute Gasteiger partial charge is 0.226 e. The van der Waals surface area contributed by atoms with E-state index in [0.717, 1.165) is 66.8 Å². The van der Waals surface area contributed by atoms with Crippen LogP contribution in [0.3, 0.4) is 0 Å². The third kappa shape index (κ3) is 4.42. The molecule has 5 rings (SSSR count). The van der Waals surface area contributed by atoms with Gasteiger partial charge in [-0.15, -0.1) is 0 Å². The molecule has 1 fully saturated rings. The number of nitrogens with one attached hydrogen (secondary N) is 1. The van der Waals surface area contributed by atoms with Crippen LogP contribution in [-0.4, -0.2) is 43.6 Å². The molecule has 164 valence electrons. The molecule has 32 heavy (non-hydrogen) atoms. The second kappa shape index (κ2) is 8.94. The third-order valence-corrected chi connectivity index (χ3v) is 6.32. The van der Waals surface area contributed by atoms with E-state index in [1.807, 2.05) is 23.2 Å². The summed E-state index contributed by atoms with van der Waals surface area (Å²) in [4.78, 5) is 19.5. The van der Waals surface area contributed by atoms with Crippen LogP contribution in [0.2, 0.25) is 0 Å². The number of carbonyl (C=O) groups is 1. The summed E-state index contributed by atoms with van der Waals surface area (Å²) in [5, 5.41) is 6.83. The summed E-state index contributed by atoms with van der Waals surface area (Å²) < 4.78 is 15.7. The van der Waals surface area contributed by atoms with Crippen molar-refractivity contribution < 1.29 is 9.18 Å². The lowest BCUT2D eigenvalue weighted by molar-refractivity contribution is -0.130. The molecular formula is C25H26FN5O. The highest BCUT2D eigenvalue weighted by Gasteiger charge is 2.21. The van der Waals surface area contributed by atoms with Gasteiger partial charge >= 0.3 is 0 Å². The molecule has 0 saturated carbocycles. The monoisotopic (exact) mass is 431 g/mol. The van der Waals surface area contributed by atoms with Gasteiger partial charge in [0.1, 0.15) is 5.82 Å². The summed E-state index contributed by atoms with van der Waals surface area (Å²) in [7, 11) is 0. The number of hydrogen-bond donors (Lipinski definition) is 1. The Bertz CT molecular complexity index is 1220. The molecule has 1 amide bonds. The summed E-state index contributed by atoms with van der Waals surface area (Å²) in [6.45, 7) is 2.44. The van der Waals surface area contributed by atoms with Gasteiger partial charge in [-0.25, -0.2) is 9.37 Å². The number of carbonyl (C=O) groups excluding carboxylic acids is 1. The Balaban J connectivity index is 1.22. The first-order chi connectivity index (χ1) is 15.7. The van der Waals surface area contributed by atoms with E-state index in [4.69, 9.17) is 4.98 Å². The van der Waals surface area contributed by atoms with E-state index in [9.17, 15) is 9.18 Å². The van der Waals surface area contributed by atoms with Crippen LogP contribution in [0.1, 0.15) is 24.8 Å². The predicted octanol–water partition coefficient (Wildman–Crippen LogP) is 4.44. The standard InChI is InChI=1S/C25H26FN5O/c26-21-5-1-3-19(13-21)14-25(32)30-10-2-4-18(8-11-30)17-31-12-9-23-24(31)7-6-22(29-23)20-15-27-28-16-20/h1,3,5-7,9,12-13,15-16,18H,2,4,8,10-11,14,17H2,(H,27,28). The van der Waals surface area contributed by atoms with Gasteiger partial charge in [0.05, 0.1) is 29.3 Å². The molecule has 1 unspecified atom stereocenters. The first-order valence-corrected chi connectivity index (χ1v) is 11.1. The lowest BCUT2D eigenvalue weighted by Gasteiger charge is -2.21. The maximum absolute atomic E-state index is 13.4. The van der Waals surface area contributed by atoms with E-state index in [2.05, 4.69) is 33.1 Å². The molecule has 0 spiro atoms. The Labute approximate surface area is 186 Å². The second-order valence-corrected chi connectivity index (χ2v) is 8.54. The van der Waals surface area contributed by atoms with Gasteiger partial charge in [-0.1, -0.05) is 12.1 Å². The number of aromatic nitrogens is 4. The van der Waals surface area contributed by atoms with Crippen LogP contribution in [-0.2, 0) is 17.8 Å². The van der Waals surface area contributed by atoms with Crippen molar-refractivity contribution in [3.05, 3.63) is 72.4 Å². The third-order valence-electron chi connectivity index (χ3n) is 6.32. The molecule has 4 heterocycles. The minimum absolute atomic E-state index is 0.0821. The highest BCUT2D eigenvalue weighted by molar-refractivity contribution is 5.79. The fourth-order valence-corrected chi connectivity index (χ4v) is 4.59.